The van der Waals surface area contributed by atoms with Gasteiger partial charge in [0, 0.05) is 26.3 Å². The first kappa shape index (κ1) is 20.2. The van der Waals surface area contributed by atoms with Crippen LogP contribution >= 0.6 is 0 Å². The molecule has 1 amide bonds. The lowest BCUT2D eigenvalue weighted by atomic mass is 10.1. The number of rotatable bonds is 6. The first-order valence-electron chi connectivity index (χ1n) is 9.21. The smallest absolute Gasteiger partial charge is 0.338 e. The van der Waals surface area contributed by atoms with Crippen LogP contribution in [0.2, 0.25) is 0 Å². The average molecular weight is 397 g/mol. The van der Waals surface area contributed by atoms with Crippen LogP contribution in [0.4, 0.5) is 0 Å². The number of ether oxygens (including phenoxy) is 2. The van der Waals surface area contributed by atoms with Crippen LogP contribution in [-0.4, -0.2) is 57.2 Å². The number of carbonyl (C=O) groups excluding carboxylic acids is 2. The molecule has 0 unspecified atom stereocenters. The summed E-state index contributed by atoms with van der Waals surface area (Å²) in [5, 5.41) is 5.24. The van der Waals surface area contributed by atoms with E-state index < -0.39 is 5.97 Å². The summed E-state index contributed by atoms with van der Waals surface area (Å²) in [7, 11) is 3.27. The first-order chi connectivity index (χ1) is 13.8. The number of fused-ring (bicyclic) bond motifs is 1. The van der Waals surface area contributed by atoms with Gasteiger partial charge in [-0.15, -0.1) is 0 Å². The Morgan fingerprint density at radius 1 is 1.17 bits per heavy atom. The normalized spacial score (nSPS) is 11.0. The van der Waals surface area contributed by atoms with Crippen LogP contribution in [0.1, 0.15) is 47.7 Å². The van der Waals surface area contributed by atoms with E-state index in [1.54, 1.807) is 37.8 Å². The first-order valence-corrected chi connectivity index (χ1v) is 9.21. The molecule has 0 N–H and O–H groups in total. The maximum atomic E-state index is 12.2. The lowest BCUT2D eigenvalue weighted by Crippen LogP contribution is -2.22. The highest BCUT2D eigenvalue weighted by Gasteiger charge is 2.17. The quantitative estimate of drug-likeness (QED) is 0.589. The number of benzene rings is 1. The van der Waals surface area contributed by atoms with Gasteiger partial charge in [-0.25, -0.2) is 14.8 Å². The van der Waals surface area contributed by atoms with E-state index in [1.807, 2.05) is 20.0 Å². The van der Waals surface area contributed by atoms with E-state index in [2.05, 4.69) is 15.1 Å². The summed E-state index contributed by atoms with van der Waals surface area (Å²) in [5.41, 5.74) is 1.14. The lowest BCUT2D eigenvalue weighted by molar-refractivity contribution is 0.0526. The number of amides is 1. The van der Waals surface area contributed by atoms with Crippen LogP contribution in [0.3, 0.4) is 0 Å². The van der Waals surface area contributed by atoms with Gasteiger partial charge in [0.2, 0.25) is 5.88 Å². The second-order valence-corrected chi connectivity index (χ2v) is 6.87. The Labute approximate surface area is 168 Å². The summed E-state index contributed by atoms with van der Waals surface area (Å²) >= 11 is 0. The van der Waals surface area contributed by atoms with Gasteiger partial charge in [-0.05, 0) is 32.9 Å². The molecular weight excluding hydrogens is 374 g/mol. The molecule has 0 aliphatic rings. The van der Waals surface area contributed by atoms with Crippen molar-refractivity contribution in [3.05, 3.63) is 42.0 Å². The summed E-state index contributed by atoms with van der Waals surface area (Å²) in [4.78, 5) is 33.9. The number of hydrogen-bond donors (Lipinski definition) is 0. The molecule has 9 heteroatoms. The summed E-state index contributed by atoms with van der Waals surface area (Å²) in [6, 6.07) is 3.40. The molecule has 0 atom stereocenters. The van der Waals surface area contributed by atoms with Gasteiger partial charge >= 0.3 is 5.97 Å². The Kier molecular flexibility index (Phi) is 5.76. The molecule has 9 nitrogen and oxygen atoms in total. The monoisotopic (exact) mass is 397 g/mol. The molecule has 3 aromatic rings. The Balaban J connectivity index is 2.00. The number of nitrogens with zero attached hydrogens (tertiary/aromatic N) is 5. The van der Waals surface area contributed by atoms with E-state index in [0.29, 0.717) is 16.8 Å². The molecule has 0 spiro atoms. The Bertz CT molecular complexity index is 1040. The molecule has 0 bridgehead atoms. The highest BCUT2D eigenvalue weighted by atomic mass is 16.5. The molecule has 0 aliphatic carbocycles. The third kappa shape index (κ3) is 4.34. The number of aromatic nitrogens is 4. The molecule has 1 aromatic carbocycles. The molecule has 0 radical (unpaired) electrons. The number of hydrogen-bond acceptors (Lipinski definition) is 7. The largest absolute Gasteiger partial charge is 0.462 e. The van der Waals surface area contributed by atoms with Gasteiger partial charge in [-0.3, -0.25) is 9.48 Å². The zero-order chi connectivity index (χ0) is 21.1. The zero-order valence-corrected chi connectivity index (χ0v) is 17.0. The number of esters is 1. The summed E-state index contributed by atoms with van der Waals surface area (Å²) < 4.78 is 12.8. The van der Waals surface area contributed by atoms with Crippen LogP contribution in [0.15, 0.2) is 30.7 Å². The third-order valence-corrected chi connectivity index (χ3v) is 4.11. The highest BCUT2D eigenvalue weighted by Crippen LogP contribution is 2.31. The topological polar surface area (TPSA) is 99.4 Å². The molecule has 0 saturated carbocycles. The standard InChI is InChI=1S/C20H23N5O4/c1-6-28-20(27)13-7-15-14(11-25(23-15)12(2)3)17(8-13)29-18-10-21-16(9-22-18)19(26)24(4)5/h7-12H,6H2,1-5H3. The molecular formula is C20H23N5O4. The van der Waals surface area contributed by atoms with Crippen LogP contribution in [0.25, 0.3) is 10.9 Å². The maximum absolute atomic E-state index is 12.2. The highest BCUT2D eigenvalue weighted by molar-refractivity contribution is 5.97. The molecule has 0 fully saturated rings. The second-order valence-electron chi connectivity index (χ2n) is 6.87. The Hall–Kier alpha value is -3.49. The summed E-state index contributed by atoms with van der Waals surface area (Å²) in [6.45, 7) is 6.02. The molecule has 0 aliphatic heterocycles. The van der Waals surface area contributed by atoms with Crippen molar-refractivity contribution in [1.29, 1.82) is 0 Å². The van der Waals surface area contributed by atoms with E-state index in [4.69, 9.17) is 9.47 Å². The van der Waals surface area contributed by atoms with E-state index in [9.17, 15) is 9.59 Å². The SMILES string of the molecule is CCOC(=O)c1cc(Oc2cnc(C(=O)N(C)C)cn2)c2cn(C(C)C)nc2c1. The van der Waals surface area contributed by atoms with Crippen LogP contribution in [0.5, 0.6) is 11.6 Å². The van der Waals surface area contributed by atoms with E-state index >= 15 is 0 Å². The molecule has 152 valence electrons. The summed E-state index contributed by atoms with van der Waals surface area (Å²) in [6.07, 6.45) is 4.57. The van der Waals surface area contributed by atoms with Crippen molar-refractivity contribution in [2.24, 2.45) is 0 Å². The zero-order valence-electron chi connectivity index (χ0n) is 17.0. The minimum absolute atomic E-state index is 0.136. The predicted molar refractivity (Wildman–Crippen MR) is 106 cm³/mol. The Morgan fingerprint density at radius 3 is 2.52 bits per heavy atom. The minimum atomic E-state index is -0.462. The van der Waals surface area contributed by atoms with Crippen molar-refractivity contribution < 1.29 is 19.1 Å². The predicted octanol–water partition coefficient (Wildman–Crippen LogP) is 3.08. The Morgan fingerprint density at radius 2 is 1.93 bits per heavy atom. The maximum Gasteiger partial charge on any atom is 0.338 e. The fourth-order valence-electron chi connectivity index (χ4n) is 2.61. The fourth-order valence-corrected chi connectivity index (χ4v) is 2.61. The second kappa shape index (κ2) is 8.26. The van der Waals surface area contributed by atoms with Gasteiger partial charge in [0.05, 0.1) is 35.5 Å². The van der Waals surface area contributed by atoms with Gasteiger partial charge < -0.3 is 14.4 Å². The molecule has 0 saturated heterocycles. The fraction of sp³-hybridized carbons (Fsp3) is 0.350. The van der Waals surface area contributed by atoms with Gasteiger partial charge in [-0.1, -0.05) is 0 Å². The summed E-state index contributed by atoms with van der Waals surface area (Å²) in [5.74, 6) is -0.122. The molecule has 3 rings (SSSR count). The average Bonchev–Trinajstić information content (AvgIpc) is 3.13. The van der Waals surface area contributed by atoms with Crippen LogP contribution in [-0.2, 0) is 4.74 Å². The van der Waals surface area contributed by atoms with E-state index in [1.165, 1.54) is 17.3 Å². The van der Waals surface area contributed by atoms with Gasteiger partial charge in [0.25, 0.3) is 5.91 Å². The van der Waals surface area contributed by atoms with Crippen LogP contribution in [0, 0.1) is 0 Å². The van der Waals surface area contributed by atoms with Crippen molar-refractivity contribution in [3.8, 4) is 11.6 Å². The molecule has 2 heterocycles. The number of carbonyl (C=O) groups is 2. The molecule has 29 heavy (non-hydrogen) atoms. The lowest BCUT2D eigenvalue weighted by Gasteiger charge is -2.10. The van der Waals surface area contributed by atoms with E-state index in [-0.39, 0.29) is 30.1 Å². The van der Waals surface area contributed by atoms with Crippen molar-refractivity contribution in [2.75, 3.05) is 20.7 Å². The third-order valence-electron chi connectivity index (χ3n) is 4.11. The molecule has 2 aromatic heterocycles. The van der Waals surface area contributed by atoms with Crippen molar-refractivity contribution in [1.82, 2.24) is 24.6 Å². The van der Waals surface area contributed by atoms with Gasteiger partial charge in [-0.2, -0.15) is 5.10 Å². The van der Waals surface area contributed by atoms with Gasteiger partial charge in [0.15, 0.2) is 0 Å². The van der Waals surface area contributed by atoms with Crippen molar-refractivity contribution >= 4 is 22.8 Å². The minimum Gasteiger partial charge on any atom is -0.462 e. The van der Waals surface area contributed by atoms with Crippen molar-refractivity contribution in [3.63, 3.8) is 0 Å². The van der Waals surface area contributed by atoms with Crippen molar-refractivity contribution in [2.45, 2.75) is 26.8 Å². The van der Waals surface area contributed by atoms with Crippen LogP contribution < -0.4 is 4.74 Å². The van der Waals surface area contributed by atoms with Gasteiger partial charge in [0.1, 0.15) is 11.4 Å². The van der Waals surface area contributed by atoms with E-state index in [0.717, 1.165) is 5.39 Å².